The van der Waals surface area contributed by atoms with Crippen LogP contribution in [0.4, 0.5) is 5.69 Å². The molecule has 1 fully saturated rings. The summed E-state index contributed by atoms with van der Waals surface area (Å²) in [4.78, 5) is 15.3. The highest BCUT2D eigenvalue weighted by molar-refractivity contribution is 7.15. The predicted octanol–water partition coefficient (Wildman–Crippen LogP) is 3.92. The van der Waals surface area contributed by atoms with Crippen molar-refractivity contribution in [1.82, 2.24) is 4.90 Å². The summed E-state index contributed by atoms with van der Waals surface area (Å²) < 4.78 is 0. The molecule has 7 heteroatoms. The van der Waals surface area contributed by atoms with E-state index in [2.05, 4.69) is 24.0 Å². The van der Waals surface area contributed by atoms with E-state index in [9.17, 15) is 10.1 Å². The van der Waals surface area contributed by atoms with Crippen LogP contribution in [-0.4, -0.2) is 29.5 Å². The Bertz CT molecular complexity index is 704. The molecule has 130 valence electrons. The molecule has 0 amide bonds. The number of likely N-dealkylation sites (tertiary alicyclic amines) is 1. The zero-order valence-electron chi connectivity index (χ0n) is 13.6. The molecule has 0 aliphatic carbocycles. The van der Waals surface area contributed by atoms with E-state index >= 15 is 0 Å². The molecule has 0 bridgehead atoms. The van der Waals surface area contributed by atoms with E-state index in [1.807, 2.05) is 12.1 Å². The first-order chi connectivity index (χ1) is 11.0. The quantitative estimate of drug-likeness (QED) is 0.642. The summed E-state index contributed by atoms with van der Waals surface area (Å²) in [5.74, 6) is 0. The predicted molar refractivity (Wildman–Crippen MR) is 101 cm³/mol. The summed E-state index contributed by atoms with van der Waals surface area (Å²) >= 11 is 1.75. The van der Waals surface area contributed by atoms with Gasteiger partial charge in [-0.3, -0.25) is 15.0 Å². The van der Waals surface area contributed by atoms with Gasteiger partial charge in [-0.05, 0) is 54.8 Å². The van der Waals surface area contributed by atoms with Crippen molar-refractivity contribution in [3.05, 3.63) is 51.4 Å². The molecule has 0 spiro atoms. The number of rotatable bonds is 5. The molecule has 0 radical (unpaired) electrons. The van der Waals surface area contributed by atoms with E-state index in [4.69, 9.17) is 5.73 Å². The molecule has 2 aromatic rings. The van der Waals surface area contributed by atoms with Crippen LogP contribution < -0.4 is 5.73 Å². The van der Waals surface area contributed by atoms with Crippen molar-refractivity contribution in [3.8, 4) is 10.4 Å². The summed E-state index contributed by atoms with van der Waals surface area (Å²) in [6.07, 6.45) is 1.16. The topological polar surface area (TPSA) is 72.4 Å². The van der Waals surface area contributed by atoms with Gasteiger partial charge < -0.3 is 5.73 Å². The van der Waals surface area contributed by atoms with Crippen LogP contribution in [0.3, 0.4) is 0 Å². The van der Waals surface area contributed by atoms with E-state index in [1.165, 1.54) is 4.88 Å². The summed E-state index contributed by atoms with van der Waals surface area (Å²) in [5.41, 5.74) is 7.27. The SMILES string of the molecule is CC1(CN)CCN(Cc2ccc(-c3ccc([N+](=O)[O-])cc3)s2)C1.Cl. The van der Waals surface area contributed by atoms with E-state index in [0.29, 0.717) is 0 Å². The standard InChI is InChI=1S/C17H21N3O2S.ClH/c1-17(11-18)8-9-19(12-17)10-15-6-7-16(23-15)13-2-4-14(5-3-13)20(21)22;/h2-7H,8-12,18H2,1H3;1H. The van der Waals surface area contributed by atoms with Gasteiger partial charge in [-0.2, -0.15) is 0 Å². The lowest BCUT2D eigenvalue weighted by Crippen LogP contribution is -2.30. The molecule has 1 aliphatic heterocycles. The number of nitrogens with zero attached hydrogens (tertiary/aromatic N) is 2. The molecule has 1 unspecified atom stereocenters. The van der Waals surface area contributed by atoms with E-state index in [0.717, 1.165) is 43.0 Å². The lowest BCUT2D eigenvalue weighted by Gasteiger charge is -2.22. The molecule has 24 heavy (non-hydrogen) atoms. The molecule has 1 saturated heterocycles. The van der Waals surface area contributed by atoms with Gasteiger partial charge in [-0.1, -0.05) is 6.92 Å². The molecule has 1 aromatic heterocycles. The zero-order chi connectivity index (χ0) is 16.4. The molecule has 1 aliphatic rings. The van der Waals surface area contributed by atoms with Crippen LogP contribution in [0.2, 0.25) is 0 Å². The third-order valence-electron chi connectivity index (χ3n) is 4.53. The minimum absolute atomic E-state index is 0. The monoisotopic (exact) mass is 367 g/mol. The van der Waals surface area contributed by atoms with Crippen LogP contribution in [0.5, 0.6) is 0 Å². The van der Waals surface area contributed by atoms with Gasteiger partial charge in [0.05, 0.1) is 4.92 Å². The number of nitro benzene ring substituents is 1. The first kappa shape index (κ1) is 18.9. The van der Waals surface area contributed by atoms with Gasteiger partial charge in [0.25, 0.3) is 5.69 Å². The van der Waals surface area contributed by atoms with Crippen LogP contribution in [0, 0.1) is 15.5 Å². The van der Waals surface area contributed by atoms with Crippen molar-refractivity contribution in [2.45, 2.75) is 19.9 Å². The third kappa shape index (κ3) is 4.13. The summed E-state index contributed by atoms with van der Waals surface area (Å²) in [6, 6.07) is 11.0. The molecule has 1 aromatic carbocycles. The fourth-order valence-corrected chi connectivity index (χ4v) is 4.07. The van der Waals surface area contributed by atoms with Crippen LogP contribution >= 0.6 is 23.7 Å². The number of benzene rings is 1. The second-order valence-electron chi connectivity index (χ2n) is 6.55. The largest absolute Gasteiger partial charge is 0.330 e. The fourth-order valence-electron chi connectivity index (χ4n) is 3.01. The van der Waals surface area contributed by atoms with Gasteiger partial charge in [0.1, 0.15) is 0 Å². The Hall–Kier alpha value is -1.47. The van der Waals surface area contributed by atoms with Crippen molar-refractivity contribution in [2.75, 3.05) is 19.6 Å². The van der Waals surface area contributed by atoms with Gasteiger partial charge in [0, 0.05) is 35.0 Å². The van der Waals surface area contributed by atoms with E-state index < -0.39 is 0 Å². The average Bonchev–Trinajstić information content (AvgIpc) is 3.15. The number of non-ortho nitro benzene ring substituents is 1. The smallest absolute Gasteiger partial charge is 0.269 e. The Morgan fingerprint density at radius 3 is 2.58 bits per heavy atom. The zero-order valence-corrected chi connectivity index (χ0v) is 15.2. The maximum absolute atomic E-state index is 10.7. The number of thiophene rings is 1. The number of nitro groups is 1. The second kappa shape index (κ2) is 7.61. The van der Waals surface area contributed by atoms with E-state index in [-0.39, 0.29) is 28.4 Å². The van der Waals surface area contributed by atoms with Crippen LogP contribution in [0.25, 0.3) is 10.4 Å². The summed E-state index contributed by atoms with van der Waals surface area (Å²) in [6.45, 7) is 6.09. The Morgan fingerprint density at radius 1 is 1.29 bits per heavy atom. The van der Waals surface area contributed by atoms with Crippen molar-refractivity contribution < 1.29 is 4.92 Å². The van der Waals surface area contributed by atoms with Crippen molar-refractivity contribution in [1.29, 1.82) is 0 Å². The highest BCUT2D eigenvalue weighted by Gasteiger charge is 2.32. The molecule has 5 nitrogen and oxygen atoms in total. The molecular formula is C17H22ClN3O2S. The summed E-state index contributed by atoms with van der Waals surface area (Å²) in [7, 11) is 0. The van der Waals surface area contributed by atoms with Crippen molar-refractivity contribution in [2.24, 2.45) is 11.1 Å². The van der Waals surface area contributed by atoms with Gasteiger partial charge in [-0.15, -0.1) is 23.7 Å². The Kier molecular flexibility index (Phi) is 5.98. The third-order valence-corrected chi connectivity index (χ3v) is 5.65. The number of hydrogen-bond acceptors (Lipinski definition) is 5. The minimum Gasteiger partial charge on any atom is -0.330 e. The minimum atomic E-state index is -0.370. The molecule has 2 heterocycles. The molecule has 0 saturated carbocycles. The van der Waals surface area contributed by atoms with Crippen molar-refractivity contribution in [3.63, 3.8) is 0 Å². The number of halogens is 1. The highest BCUT2D eigenvalue weighted by atomic mass is 35.5. The van der Waals surface area contributed by atoms with Gasteiger partial charge in [-0.25, -0.2) is 0 Å². The average molecular weight is 368 g/mol. The van der Waals surface area contributed by atoms with Crippen LogP contribution in [-0.2, 0) is 6.54 Å². The van der Waals surface area contributed by atoms with Crippen LogP contribution in [0.1, 0.15) is 18.2 Å². The molecule has 1 atom stereocenters. The van der Waals surface area contributed by atoms with Crippen LogP contribution in [0.15, 0.2) is 36.4 Å². The maximum Gasteiger partial charge on any atom is 0.269 e. The lowest BCUT2D eigenvalue weighted by atomic mass is 9.90. The van der Waals surface area contributed by atoms with Gasteiger partial charge >= 0.3 is 0 Å². The van der Waals surface area contributed by atoms with E-state index in [1.54, 1.807) is 23.5 Å². The Balaban J connectivity index is 0.00000208. The number of nitrogens with two attached hydrogens (primary N) is 1. The first-order valence-corrected chi connectivity index (χ1v) is 8.57. The molecular weight excluding hydrogens is 346 g/mol. The van der Waals surface area contributed by atoms with Gasteiger partial charge in [0.15, 0.2) is 0 Å². The Morgan fingerprint density at radius 2 is 2.00 bits per heavy atom. The fraction of sp³-hybridized carbons (Fsp3) is 0.412. The molecule has 3 rings (SSSR count). The molecule has 2 N–H and O–H groups in total. The Labute approximate surface area is 152 Å². The van der Waals surface area contributed by atoms with Gasteiger partial charge in [0.2, 0.25) is 0 Å². The highest BCUT2D eigenvalue weighted by Crippen LogP contribution is 2.33. The first-order valence-electron chi connectivity index (χ1n) is 7.75. The normalized spacial score (nSPS) is 20.8. The number of hydrogen-bond donors (Lipinski definition) is 1. The lowest BCUT2D eigenvalue weighted by molar-refractivity contribution is -0.384. The van der Waals surface area contributed by atoms with Crippen molar-refractivity contribution >= 4 is 29.4 Å². The maximum atomic E-state index is 10.7. The summed E-state index contributed by atoms with van der Waals surface area (Å²) in [5, 5.41) is 10.7. The second-order valence-corrected chi connectivity index (χ2v) is 7.71.